The van der Waals surface area contributed by atoms with Gasteiger partial charge in [-0.05, 0) is 42.6 Å². The topological polar surface area (TPSA) is 107 Å². The van der Waals surface area contributed by atoms with Gasteiger partial charge in [0.15, 0.2) is 5.78 Å². The largest absolute Gasteiger partial charge is 0.391 e. The molecule has 7 heteroatoms. The van der Waals surface area contributed by atoms with Crippen LogP contribution in [0.5, 0.6) is 0 Å². The monoisotopic (exact) mass is 405 g/mol. The summed E-state index contributed by atoms with van der Waals surface area (Å²) in [4.78, 5) is 32.2. The molecule has 0 aromatic heterocycles. The lowest BCUT2D eigenvalue weighted by molar-refractivity contribution is -0.407. The predicted molar refractivity (Wildman–Crippen MR) is 102 cm³/mol. The average Bonchev–Trinajstić information content (AvgIpc) is 2.72. The van der Waals surface area contributed by atoms with Gasteiger partial charge in [-0.3, -0.25) is 9.59 Å². The predicted octanol–water partition coefficient (Wildman–Crippen LogP) is 1.17. The molecule has 0 aromatic carbocycles. The first-order valence-electron chi connectivity index (χ1n) is 10.7. The highest BCUT2D eigenvalue weighted by Crippen LogP contribution is 2.75. The molecule has 9 atom stereocenters. The molecular formula is C22H31NO6. The summed E-state index contributed by atoms with van der Waals surface area (Å²) >= 11 is 0. The molecule has 2 saturated heterocycles. The Labute approximate surface area is 170 Å². The maximum atomic E-state index is 13.6. The summed E-state index contributed by atoms with van der Waals surface area (Å²) in [6.07, 6.45) is -0.0193. The van der Waals surface area contributed by atoms with E-state index < -0.39 is 58.4 Å². The molecule has 6 fully saturated rings. The van der Waals surface area contributed by atoms with Crippen molar-refractivity contribution in [1.82, 2.24) is 5.06 Å². The van der Waals surface area contributed by atoms with Gasteiger partial charge in [-0.25, -0.2) is 9.90 Å². The van der Waals surface area contributed by atoms with Crippen LogP contribution in [0.15, 0.2) is 12.2 Å². The zero-order valence-electron chi connectivity index (χ0n) is 17.5. The minimum atomic E-state index is -2.39. The Morgan fingerprint density at radius 3 is 2.45 bits per heavy atom. The number of ketones is 1. The molecule has 2 aliphatic heterocycles. The van der Waals surface area contributed by atoms with Crippen molar-refractivity contribution in [1.29, 1.82) is 0 Å². The molecule has 4 aliphatic carbocycles. The molecule has 6 bridgehead atoms. The highest BCUT2D eigenvalue weighted by atomic mass is 16.8. The molecule has 29 heavy (non-hydrogen) atoms. The second kappa shape index (κ2) is 5.31. The fraction of sp³-hybridized carbons (Fsp3) is 0.818. The number of aliphatic hydroxyl groups is 3. The summed E-state index contributed by atoms with van der Waals surface area (Å²) in [6.45, 7) is 11.4. The third kappa shape index (κ3) is 1.78. The maximum absolute atomic E-state index is 13.6. The summed E-state index contributed by atoms with van der Waals surface area (Å²) in [5.74, 6) is -4.48. The molecule has 0 aromatic rings. The third-order valence-corrected chi connectivity index (χ3v) is 9.46. The molecule has 0 unspecified atom stereocenters. The molecule has 0 radical (unpaired) electrons. The molecular weight excluding hydrogens is 374 g/mol. The van der Waals surface area contributed by atoms with Crippen LogP contribution >= 0.6 is 0 Å². The Balaban J connectivity index is 1.87. The van der Waals surface area contributed by atoms with Gasteiger partial charge in [0.05, 0.1) is 12.1 Å². The molecule has 7 nitrogen and oxygen atoms in total. The summed E-state index contributed by atoms with van der Waals surface area (Å²) in [5.41, 5.74) is -2.47. The first kappa shape index (κ1) is 19.7. The third-order valence-electron chi connectivity index (χ3n) is 9.46. The standard InChI is InChI=1S/C22H31NO6/c1-10-12-6-7-13-20(5)14-8-9-19(3,4)15(20)18(27)22(28,29-23(14)11(2)24)21(13,16(10)25)17(12)26/h12-15,17-18,26-28H,1,6-9H2,2-5H3/t12-,13-,14+,15+,17-,18-,20+,21-,22+/m0/s1. The summed E-state index contributed by atoms with van der Waals surface area (Å²) < 4.78 is 0. The summed E-state index contributed by atoms with van der Waals surface area (Å²) in [6, 6.07) is -0.392. The molecule has 1 spiro atoms. The van der Waals surface area contributed by atoms with Crippen LogP contribution in [0.2, 0.25) is 0 Å². The van der Waals surface area contributed by atoms with Gasteiger partial charge in [-0.15, -0.1) is 0 Å². The highest BCUT2D eigenvalue weighted by molar-refractivity contribution is 6.05. The molecule has 160 valence electrons. The summed E-state index contributed by atoms with van der Waals surface area (Å²) in [7, 11) is 0. The zero-order chi connectivity index (χ0) is 21.3. The molecule has 3 N–H and O–H groups in total. The van der Waals surface area contributed by atoms with E-state index in [0.29, 0.717) is 24.8 Å². The van der Waals surface area contributed by atoms with E-state index in [9.17, 15) is 24.9 Å². The Hall–Kier alpha value is -1.28. The zero-order valence-corrected chi connectivity index (χ0v) is 17.5. The van der Waals surface area contributed by atoms with Gasteiger partial charge in [-0.1, -0.05) is 27.4 Å². The first-order valence-corrected chi connectivity index (χ1v) is 10.7. The number of hydrogen-bond acceptors (Lipinski definition) is 6. The fourth-order valence-corrected chi connectivity index (χ4v) is 8.48. The number of fused-ring (bicyclic) bond motifs is 2. The van der Waals surface area contributed by atoms with Gasteiger partial charge in [0, 0.05) is 24.2 Å². The lowest BCUT2D eigenvalue weighted by Crippen LogP contribution is -2.78. The van der Waals surface area contributed by atoms with E-state index in [1.807, 2.05) is 6.92 Å². The van der Waals surface area contributed by atoms with Crippen molar-refractivity contribution in [2.75, 3.05) is 0 Å². The van der Waals surface area contributed by atoms with Crippen molar-refractivity contribution in [3.63, 3.8) is 0 Å². The van der Waals surface area contributed by atoms with Gasteiger partial charge < -0.3 is 15.3 Å². The Morgan fingerprint density at radius 1 is 1.17 bits per heavy atom. The Kier molecular flexibility index (Phi) is 3.60. The molecule has 1 amide bonds. The van der Waals surface area contributed by atoms with Crippen LogP contribution in [-0.4, -0.2) is 56.1 Å². The number of carbonyl (C=O) groups is 2. The first-order chi connectivity index (χ1) is 13.4. The number of rotatable bonds is 0. The fourth-order valence-electron chi connectivity index (χ4n) is 8.48. The highest BCUT2D eigenvalue weighted by Gasteiger charge is 2.86. The van der Waals surface area contributed by atoms with Gasteiger partial charge >= 0.3 is 0 Å². The quantitative estimate of drug-likeness (QED) is 0.522. The van der Waals surface area contributed by atoms with Gasteiger partial charge in [-0.2, -0.15) is 0 Å². The van der Waals surface area contributed by atoms with Crippen LogP contribution in [0.25, 0.3) is 0 Å². The molecule has 6 aliphatic rings. The Morgan fingerprint density at radius 2 is 1.83 bits per heavy atom. The van der Waals surface area contributed by atoms with E-state index in [1.165, 1.54) is 12.0 Å². The van der Waals surface area contributed by atoms with Crippen LogP contribution in [0, 0.1) is 34.0 Å². The van der Waals surface area contributed by atoms with E-state index in [0.717, 1.165) is 6.42 Å². The SMILES string of the molecule is C=C1C(=O)[C@]23[C@@H](O)[C@H]1CC[C@H]2[C@@]1(C)[C@@H]2[C@H](O)[C@@]3(O)ON(C(C)=O)[C@@H]1CCC2(C)C. The minimum absolute atomic E-state index is 0.291. The van der Waals surface area contributed by atoms with Crippen molar-refractivity contribution >= 4 is 11.7 Å². The van der Waals surface area contributed by atoms with Crippen LogP contribution in [-0.2, 0) is 14.4 Å². The van der Waals surface area contributed by atoms with Crippen LogP contribution < -0.4 is 0 Å². The van der Waals surface area contributed by atoms with E-state index >= 15 is 0 Å². The number of aliphatic hydroxyl groups excluding tert-OH is 2. The van der Waals surface area contributed by atoms with Gasteiger partial charge in [0.2, 0.25) is 11.7 Å². The number of hydroxylamine groups is 2. The second-order valence-corrected chi connectivity index (χ2v) is 10.9. The average molecular weight is 405 g/mol. The van der Waals surface area contributed by atoms with Gasteiger partial charge in [0.1, 0.15) is 11.5 Å². The summed E-state index contributed by atoms with van der Waals surface area (Å²) in [5, 5.41) is 36.2. The van der Waals surface area contributed by atoms with E-state index in [1.54, 1.807) is 0 Å². The van der Waals surface area contributed by atoms with Crippen molar-refractivity contribution in [2.24, 2.45) is 34.0 Å². The normalized spacial score (nSPS) is 54.9. The number of Topliss-reactive ketones (excluding diaryl/α,β-unsaturated/α-hetero) is 1. The minimum Gasteiger partial charge on any atom is -0.391 e. The second-order valence-electron chi connectivity index (χ2n) is 10.9. The smallest absolute Gasteiger partial charge is 0.243 e. The Bertz CT molecular complexity index is 839. The van der Waals surface area contributed by atoms with Crippen molar-refractivity contribution in [2.45, 2.75) is 77.4 Å². The van der Waals surface area contributed by atoms with Crippen molar-refractivity contribution in [3.05, 3.63) is 12.2 Å². The van der Waals surface area contributed by atoms with Crippen LogP contribution in [0.1, 0.15) is 53.4 Å². The van der Waals surface area contributed by atoms with Crippen LogP contribution in [0.3, 0.4) is 0 Å². The number of carbonyl (C=O) groups excluding carboxylic acids is 2. The number of hydrogen-bond donors (Lipinski definition) is 3. The van der Waals surface area contributed by atoms with Crippen molar-refractivity contribution in [3.8, 4) is 0 Å². The van der Waals surface area contributed by atoms with Crippen LogP contribution in [0.4, 0.5) is 0 Å². The molecule has 6 rings (SSSR count). The van der Waals surface area contributed by atoms with Gasteiger partial charge in [0.25, 0.3) is 0 Å². The van der Waals surface area contributed by atoms with E-state index in [2.05, 4.69) is 20.4 Å². The van der Waals surface area contributed by atoms with E-state index in [-0.39, 0.29) is 11.3 Å². The molecule has 2 heterocycles. The lowest BCUT2D eigenvalue weighted by Gasteiger charge is -2.67. The number of amides is 1. The maximum Gasteiger partial charge on any atom is 0.243 e. The van der Waals surface area contributed by atoms with Crippen molar-refractivity contribution < 1.29 is 29.7 Å². The molecule has 4 saturated carbocycles. The lowest BCUT2D eigenvalue weighted by atomic mass is 9.37. The number of nitrogens with zero attached hydrogens (tertiary/aromatic N) is 1. The van der Waals surface area contributed by atoms with E-state index in [4.69, 9.17) is 4.84 Å².